The molecule has 0 radical (unpaired) electrons. The lowest BCUT2D eigenvalue weighted by Crippen LogP contribution is -2.50. The Morgan fingerprint density at radius 3 is 2.34 bits per heavy atom. The number of ether oxygens (including phenoxy) is 1. The Bertz CT molecular complexity index is 975. The first kappa shape index (κ1) is 21.9. The maximum Gasteiger partial charge on any atom is 0.407 e. The highest BCUT2D eigenvalue weighted by Gasteiger charge is 2.31. The minimum Gasteiger partial charge on any atom is -0.481 e. The highest BCUT2D eigenvalue weighted by atomic mass is 16.5. The Morgan fingerprint density at radius 2 is 1.72 bits per heavy atom. The number of fused-ring (bicyclic) bond motifs is 3. The standard InChI is InChI=1S/C25H28N2O5/c1-16(24(30)27-12-6-7-17(14-27)13-23(28)29)26-25(31)32-15-22-20-10-4-2-8-18(20)19-9-3-5-11-21(19)22/h2-5,8-11,16-17,22H,6-7,12-15H2,1H3,(H,26,31)(H,28,29). The predicted octanol–water partition coefficient (Wildman–Crippen LogP) is 3.63. The second-order valence-corrected chi connectivity index (χ2v) is 8.58. The molecule has 1 fully saturated rings. The van der Waals surface area contributed by atoms with Crippen LogP contribution >= 0.6 is 0 Å². The van der Waals surface area contributed by atoms with E-state index >= 15 is 0 Å². The third-order valence-corrected chi connectivity index (χ3v) is 6.34. The zero-order valence-electron chi connectivity index (χ0n) is 18.1. The zero-order chi connectivity index (χ0) is 22.7. The molecule has 1 aliphatic heterocycles. The Kier molecular flexibility index (Phi) is 6.44. The van der Waals surface area contributed by atoms with Crippen LogP contribution in [0, 0.1) is 5.92 Å². The minimum atomic E-state index is -0.853. The van der Waals surface area contributed by atoms with Gasteiger partial charge in [-0.1, -0.05) is 48.5 Å². The number of hydrogen-bond acceptors (Lipinski definition) is 4. The van der Waals surface area contributed by atoms with Gasteiger partial charge in [0.25, 0.3) is 0 Å². The fourth-order valence-electron chi connectivity index (χ4n) is 4.83. The predicted molar refractivity (Wildman–Crippen MR) is 119 cm³/mol. The molecule has 0 spiro atoms. The number of rotatable bonds is 6. The number of nitrogens with zero attached hydrogens (tertiary/aromatic N) is 1. The van der Waals surface area contributed by atoms with Gasteiger partial charge in [-0.2, -0.15) is 0 Å². The monoisotopic (exact) mass is 436 g/mol. The van der Waals surface area contributed by atoms with Crippen molar-refractivity contribution in [3.8, 4) is 11.1 Å². The molecule has 1 aliphatic carbocycles. The molecular weight excluding hydrogens is 408 g/mol. The van der Waals surface area contributed by atoms with E-state index in [2.05, 4.69) is 29.6 Å². The molecule has 1 saturated heterocycles. The summed E-state index contributed by atoms with van der Waals surface area (Å²) in [5, 5.41) is 11.6. The van der Waals surface area contributed by atoms with Gasteiger partial charge in [0.05, 0.1) is 0 Å². The number of aliphatic carboxylic acids is 1. The van der Waals surface area contributed by atoms with Crippen molar-refractivity contribution in [2.24, 2.45) is 5.92 Å². The van der Waals surface area contributed by atoms with E-state index in [0.717, 1.165) is 35.1 Å². The smallest absolute Gasteiger partial charge is 0.407 e. The number of carbonyl (C=O) groups excluding carboxylic acids is 2. The summed E-state index contributed by atoms with van der Waals surface area (Å²) < 4.78 is 5.52. The first-order chi connectivity index (χ1) is 15.4. The van der Waals surface area contributed by atoms with E-state index in [0.29, 0.717) is 13.1 Å². The van der Waals surface area contributed by atoms with Crippen LogP contribution in [0.2, 0.25) is 0 Å². The van der Waals surface area contributed by atoms with Gasteiger partial charge in [0, 0.05) is 25.4 Å². The van der Waals surface area contributed by atoms with E-state index in [-0.39, 0.29) is 30.8 Å². The van der Waals surface area contributed by atoms with Crippen LogP contribution in [0.4, 0.5) is 4.79 Å². The van der Waals surface area contributed by atoms with E-state index in [4.69, 9.17) is 9.84 Å². The fraction of sp³-hybridized carbons (Fsp3) is 0.400. The largest absolute Gasteiger partial charge is 0.481 e. The van der Waals surface area contributed by atoms with E-state index < -0.39 is 18.1 Å². The molecule has 2 unspecified atom stereocenters. The molecule has 168 valence electrons. The topological polar surface area (TPSA) is 95.9 Å². The molecule has 2 aliphatic rings. The fourth-order valence-corrected chi connectivity index (χ4v) is 4.83. The van der Waals surface area contributed by atoms with Gasteiger partial charge in [-0.25, -0.2) is 4.79 Å². The van der Waals surface area contributed by atoms with Crippen molar-refractivity contribution >= 4 is 18.0 Å². The number of piperidine rings is 1. The molecule has 0 aromatic heterocycles. The average molecular weight is 437 g/mol. The van der Waals surface area contributed by atoms with Crippen LogP contribution in [-0.2, 0) is 14.3 Å². The van der Waals surface area contributed by atoms with Crippen LogP contribution in [0.1, 0.15) is 43.2 Å². The molecule has 2 aromatic carbocycles. The van der Waals surface area contributed by atoms with E-state index in [9.17, 15) is 14.4 Å². The number of amides is 2. The number of likely N-dealkylation sites (tertiary alicyclic amines) is 1. The normalized spacial score (nSPS) is 18.4. The first-order valence-electron chi connectivity index (χ1n) is 11.1. The van der Waals surface area contributed by atoms with Crippen molar-refractivity contribution < 1.29 is 24.2 Å². The average Bonchev–Trinajstić information content (AvgIpc) is 3.10. The number of nitrogens with one attached hydrogen (secondary N) is 1. The summed E-state index contributed by atoms with van der Waals surface area (Å²) in [7, 11) is 0. The van der Waals surface area contributed by atoms with Crippen LogP contribution in [0.15, 0.2) is 48.5 Å². The maximum absolute atomic E-state index is 12.8. The molecule has 32 heavy (non-hydrogen) atoms. The summed E-state index contributed by atoms with van der Waals surface area (Å²) in [4.78, 5) is 37.8. The Morgan fingerprint density at radius 1 is 1.09 bits per heavy atom. The number of carbonyl (C=O) groups is 3. The van der Waals surface area contributed by atoms with Crippen LogP contribution in [-0.4, -0.2) is 53.7 Å². The SMILES string of the molecule is CC(NC(=O)OCC1c2ccccc2-c2ccccc21)C(=O)N1CCCC(CC(=O)O)C1. The Balaban J connectivity index is 1.33. The Hall–Kier alpha value is -3.35. The van der Waals surface area contributed by atoms with Crippen LogP contribution in [0.25, 0.3) is 11.1 Å². The molecule has 7 heteroatoms. The quantitative estimate of drug-likeness (QED) is 0.721. The lowest BCUT2D eigenvalue weighted by atomic mass is 9.94. The number of alkyl carbamates (subject to hydrolysis) is 1. The van der Waals surface area contributed by atoms with Gasteiger partial charge in [-0.05, 0) is 47.9 Å². The molecule has 0 bridgehead atoms. The van der Waals surface area contributed by atoms with Gasteiger partial charge < -0.3 is 20.1 Å². The van der Waals surface area contributed by atoms with Gasteiger partial charge >= 0.3 is 12.1 Å². The lowest BCUT2D eigenvalue weighted by molar-refractivity contribution is -0.141. The van der Waals surface area contributed by atoms with Gasteiger partial charge in [0.15, 0.2) is 0 Å². The minimum absolute atomic E-state index is 0.0435. The summed E-state index contributed by atoms with van der Waals surface area (Å²) in [6.45, 7) is 2.79. The van der Waals surface area contributed by atoms with E-state index in [1.54, 1.807) is 11.8 Å². The second kappa shape index (κ2) is 9.42. The molecule has 7 nitrogen and oxygen atoms in total. The zero-order valence-corrected chi connectivity index (χ0v) is 18.1. The molecular formula is C25H28N2O5. The Labute approximate surface area is 187 Å². The number of benzene rings is 2. The third kappa shape index (κ3) is 4.61. The van der Waals surface area contributed by atoms with E-state index in [1.807, 2.05) is 24.3 Å². The number of hydrogen-bond donors (Lipinski definition) is 2. The molecule has 2 amide bonds. The number of carboxylic acids is 1. The third-order valence-electron chi connectivity index (χ3n) is 6.34. The van der Waals surface area contributed by atoms with Crippen molar-refractivity contribution in [2.45, 2.75) is 38.1 Å². The summed E-state index contributed by atoms with van der Waals surface area (Å²) >= 11 is 0. The van der Waals surface area contributed by atoms with E-state index in [1.165, 1.54) is 0 Å². The van der Waals surface area contributed by atoms with Crippen molar-refractivity contribution in [1.82, 2.24) is 10.2 Å². The van der Waals surface area contributed by atoms with Crippen molar-refractivity contribution in [2.75, 3.05) is 19.7 Å². The highest BCUT2D eigenvalue weighted by molar-refractivity contribution is 5.85. The molecule has 1 heterocycles. The van der Waals surface area contributed by atoms with Gasteiger partial charge in [0.2, 0.25) is 5.91 Å². The molecule has 4 rings (SSSR count). The maximum atomic E-state index is 12.8. The molecule has 2 atom stereocenters. The summed E-state index contributed by atoms with van der Waals surface area (Å²) in [5.74, 6) is -1.16. The van der Waals surface area contributed by atoms with Gasteiger partial charge in [-0.3, -0.25) is 9.59 Å². The molecule has 2 N–H and O–H groups in total. The number of carboxylic acid groups (broad SMARTS) is 1. The summed E-state index contributed by atoms with van der Waals surface area (Å²) in [5.41, 5.74) is 4.56. The van der Waals surface area contributed by atoms with Gasteiger partial charge in [-0.15, -0.1) is 0 Å². The summed E-state index contributed by atoms with van der Waals surface area (Å²) in [6, 6.07) is 15.5. The van der Waals surface area contributed by atoms with Crippen molar-refractivity contribution in [3.05, 3.63) is 59.7 Å². The van der Waals surface area contributed by atoms with Crippen molar-refractivity contribution in [3.63, 3.8) is 0 Å². The van der Waals surface area contributed by atoms with Crippen LogP contribution in [0.5, 0.6) is 0 Å². The second-order valence-electron chi connectivity index (χ2n) is 8.58. The van der Waals surface area contributed by atoms with Crippen molar-refractivity contribution in [1.29, 1.82) is 0 Å². The molecule has 0 saturated carbocycles. The summed E-state index contributed by atoms with van der Waals surface area (Å²) in [6.07, 6.45) is 0.982. The lowest BCUT2D eigenvalue weighted by Gasteiger charge is -2.33. The van der Waals surface area contributed by atoms with Crippen LogP contribution < -0.4 is 5.32 Å². The van der Waals surface area contributed by atoms with Gasteiger partial charge in [0.1, 0.15) is 12.6 Å². The highest BCUT2D eigenvalue weighted by Crippen LogP contribution is 2.44. The molecule has 2 aromatic rings. The van der Waals surface area contributed by atoms with Crippen LogP contribution in [0.3, 0.4) is 0 Å². The first-order valence-corrected chi connectivity index (χ1v) is 11.1.